The van der Waals surface area contributed by atoms with Gasteiger partial charge < -0.3 is 10.4 Å². The maximum atomic E-state index is 11.1. The summed E-state index contributed by atoms with van der Waals surface area (Å²) in [4.78, 5) is 15.6. The fourth-order valence-corrected chi connectivity index (χ4v) is 1.70. The van der Waals surface area contributed by atoms with Crippen LogP contribution < -0.4 is 5.32 Å². The third-order valence-corrected chi connectivity index (χ3v) is 2.88. The third kappa shape index (κ3) is 2.27. The summed E-state index contributed by atoms with van der Waals surface area (Å²) < 4.78 is 0. The number of anilines is 1. The molecular weight excluding hydrogens is 228 g/mol. The van der Waals surface area contributed by atoms with Crippen LogP contribution in [0.1, 0.15) is 19.4 Å². The number of benzene rings is 1. The highest BCUT2D eigenvalue weighted by molar-refractivity contribution is 5.84. The van der Waals surface area contributed by atoms with Crippen LogP contribution in [0.15, 0.2) is 30.3 Å². The molecule has 0 aliphatic carbocycles. The smallest absolute Gasteiger partial charge is 0.328 e. The van der Waals surface area contributed by atoms with Gasteiger partial charge in [-0.05, 0) is 38.5 Å². The Balaban J connectivity index is 2.45. The minimum Gasteiger partial charge on any atom is -0.480 e. The van der Waals surface area contributed by atoms with Crippen LogP contribution in [-0.4, -0.2) is 21.6 Å². The SMILES string of the molecule is Cc1cc2ccccc2nc1NC(C)(C)C(=O)O. The van der Waals surface area contributed by atoms with Gasteiger partial charge in [-0.15, -0.1) is 0 Å². The molecule has 0 aliphatic heterocycles. The van der Waals surface area contributed by atoms with Crippen LogP contribution in [0.4, 0.5) is 5.82 Å². The van der Waals surface area contributed by atoms with Crippen LogP contribution >= 0.6 is 0 Å². The Morgan fingerprint density at radius 1 is 1.33 bits per heavy atom. The highest BCUT2D eigenvalue weighted by Gasteiger charge is 2.27. The molecule has 2 aromatic rings. The summed E-state index contributed by atoms with van der Waals surface area (Å²) in [6.45, 7) is 5.15. The lowest BCUT2D eigenvalue weighted by molar-refractivity contribution is -0.141. The number of nitrogens with zero attached hydrogens (tertiary/aromatic N) is 1. The number of para-hydroxylation sites is 1. The maximum Gasteiger partial charge on any atom is 0.328 e. The molecule has 2 rings (SSSR count). The first kappa shape index (κ1) is 12.4. The van der Waals surface area contributed by atoms with Gasteiger partial charge in [0, 0.05) is 5.39 Å². The number of hydrogen-bond acceptors (Lipinski definition) is 3. The van der Waals surface area contributed by atoms with Crippen molar-refractivity contribution in [3.8, 4) is 0 Å². The predicted octanol–water partition coefficient (Wildman–Crippen LogP) is 2.82. The Morgan fingerprint density at radius 3 is 2.67 bits per heavy atom. The van der Waals surface area contributed by atoms with E-state index in [9.17, 15) is 4.79 Å². The van der Waals surface area contributed by atoms with Gasteiger partial charge in [-0.25, -0.2) is 9.78 Å². The second-order valence-electron chi connectivity index (χ2n) is 4.90. The van der Waals surface area contributed by atoms with Gasteiger partial charge in [0.2, 0.25) is 0 Å². The van der Waals surface area contributed by atoms with E-state index in [2.05, 4.69) is 10.3 Å². The van der Waals surface area contributed by atoms with Crippen molar-refractivity contribution in [2.24, 2.45) is 0 Å². The number of aryl methyl sites for hydroxylation is 1. The van der Waals surface area contributed by atoms with Gasteiger partial charge in [0.15, 0.2) is 0 Å². The number of hydrogen-bond donors (Lipinski definition) is 2. The monoisotopic (exact) mass is 244 g/mol. The van der Waals surface area contributed by atoms with E-state index in [1.165, 1.54) is 0 Å². The first-order chi connectivity index (χ1) is 8.40. The van der Waals surface area contributed by atoms with Crippen molar-refractivity contribution in [1.82, 2.24) is 4.98 Å². The molecule has 2 N–H and O–H groups in total. The number of carboxylic acid groups (broad SMARTS) is 1. The highest BCUT2D eigenvalue weighted by Crippen LogP contribution is 2.22. The number of aliphatic carboxylic acids is 1. The molecule has 0 saturated carbocycles. The van der Waals surface area contributed by atoms with Crippen LogP contribution in [0.25, 0.3) is 10.9 Å². The van der Waals surface area contributed by atoms with Gasteiger partial charge in [-0.3, -0.25) is 0 Å². The second kappa shape index (κ2) is 4.29. The van der Waals surface area contributed by atoms with E-state index in [-0.39, 0.29) is 0 Å². The molecule has 0 atom stereocenters. The van der Waals surface area contributed by atoms with Crippen molar-refractivity contribution >= 4 is 22.7 Å². The molecule has 0 unspecified atom stereocenters. The summed E-state index contributed by atoms with van der Waals surface area (Å²) in [6, 6.07) is 9.77. The normalized spacial score (nSPS) is 11.5. The van der Waals surface area contributed by atoms with Crippen molar-refractivity contribution in [3.63, 3.8) is 0 Å². The molecule has 18 heavy (non-hydrogen) atoms. The zero-order chi connectivity index (χ0) is 13.3. The number of carbonyl (C=O) groups is 1. The van der Waals surface area contributed by atoms with Crippen molar-refractivity contribution in [2.75, 3.05) is 5.32 Å². The summed E-state index contributed by atoms with van der Waals surface area (Å²) in [5, 5.41) is 13.1. The molecule has 1 aromatic heterocycles. The zero-order valence-corrected chi connectivity index (χ0v) is 10.7. The Hall–Kier alpha value is -2.10. The summed E-state index contributed by atoms with van der Waals surface area (Å²) in [6.07, 6.45) is 0. The zero-order valence-electron chi connectivity index (χ0n) is 10.7. The van der Waals surface area contributed by atoms with E-state index in [0.717, 1.165) is 16.5 Å². The summed E-state index contributed by atoms with van der Waals surface area (Å²) in [5.41, 5.74) is 0.745. The van der Waals surface area contributed by atoms with Crippen LogP contribution in [-0.2, 0) is 4.79 Å². The van der Waals surface area contributed by atoms with Crippen LogP contribution in [0.5, 0.6) is 0 Å². The average molecular weight is 244 g/mol. The van der Waals surface area contributed by atoms with Gasteiger partial charge in [-0.2, -0.15) is 0 Å². The molecule has 4 nitrogen and oxygen atoms in total. The number of aromatic nitrogens is 1. The fraction of sp³-hybridized carbons (Fsp3) is 0.286. The minimum absolute atomic E-state index is 0.612. The molecule has 0 bridgehead atoms. The van der Waals surface area contributed by atoms with Crippen LogP contribution in [0, 0.1) is 6.92 Å². The number of pyridine rings is 1. The number of fused-ring (bicyclic) bond motifs is 1. The molecule has 1 heterocycles. The van der Waals surface area contributed by atoms with Crippen molar-refractivity contribution in [3.05, 3.63) is 35.9 Å². The number of carboxylic acids is 1. The lowest BCUT2D eigenvalue weighted by Gasteiger charge is -2.23. The lowest BCUT2D eigenvalue weighted by atomic mass is 10.1. The van der Waals surface area contributed by atoms with E-state index in [4.69, 9.17) is 5.11 Å². The average Bonchev–Trinajstić information content (AvgIpc) is 2.29. The minimum atomic E-state index is -1.04. The van der Waals surface area contributed by atoms with Crippen LogP contribution in [0.3, 0.4) is 0 Å². The van der Waals surface area contributed by atoms with E-state index >= 15 is 0 Å². The molecule has 0 spiro atoms. The molecule has 0 saturated heterocycles. The molecule has 1 aromatic carbocycles. The largest absolute Gasteiger partial charge is 0.480 e. The van der Waals surface area contributed by atoms with Crippen molar-refractivity contribution in [2.45, 2.75) is 26.3 Å². The summed E-state index contributed by atoms with van der Waals surface area (Å²) in [5.74, 6) is -0.294. The van der Waals surface area contributed by atoms with Gasteiger partial charge in [0.05, 0.1) is 5.52 Å². The molecule has 0 amide bonds. The van der Waals surface area contributed by atoms with Gasteiger partial charge in [0.1, 0.15) is 11.4 Å². The van der Waals surface area contributed by atoms with Gasteiger partial charge >= 0.3 is 5.97 Å². The van der Waals surface area contributed by atoms with E-state index in [1.54, 1.807) is 13.8 Å². The summed E-state index contributed by atoms with van der Waals surface area (Å²) in [7, 11) is 0. The summed E-state index contributed by atoms with van der Waals surface area (Å²) >= 11 is 0. The first-order valence-corrected chi connectivity index (χ1v) is 5.78. The van der Waals surface area contributed by atoms with Gasteiger partial charge in [-0.1, -0.05) is 18.2 Å². The molecule has 0 radical (unpaired) electrons. The van der Waals surface area contributed by atoms with E-state index < -0.39 is 11.5 Å². The predicted molar refractivity (Wildman–Crippen MR) is 71.8 cm³/mol. The third-order valence-electron chi connectivity index (χ3n) is 2.88. The highest BCUT2D eigenvalue weighted by atomic mass is 16.4. The van der Waals surface area contributed by atoms with Crippen LogP contribution in [0.2, 0.25) is 0 Å². The Morgan fingerprint density at radius 2 is 2.00 bits per heavy atom. The second-order valence-corrected chi connectivity index (χ2v) is 4.90. The van der Waals surface area contributed by atoms with Crippen molar-refractivity contribution < 1.29 is 9.90 Å². The number of nitrogens with one attached hydrogen (secondary N) is 1. The first-order valence-electron chi connectivity index (χ1n) is 5.78. The molecule has 0 aliphatic rings. The Labute approximate surface area is 106 Å². The molecular formula is C14H16N2O2. The Kier molecular flexibility index (Phi) is 2.95. The quantitative estimate of drug-likeness (QED) is 0.871. The number of rotatable bonds is 3. The van der Waals surface area contributed by atoms with Crippen molar-refractivity contribution in [1.29, 1.82) is 0 Å². The Bertz CT molecular complexity index is 606. The molecule has 94 valence electrons. The fourth-order valence-electron chi connectivity index (χ4n) is 1.70. The standard InChI is InChI=1S/C14H16N2O2/c1-9-8-10-6-4-5-7-11(10)15-12(9)16-14(2,3)13(17)18/h4-8H,1-3H3,(H,15,16)(H,17,18). The van der Waals surface area contributed by atoms with E-state index in [1.807, 2.05) is 37.3 Å². The molecule has 4 heteroatoms. The maximum absolute atomic E-state index is 11.1. The molecule has 0 fully saturated rings. The van der Waals surface area contributed by atoms with E-state index in [0.29, 0.717) is 5.82 Å². The van der Waals surface area contributed by atoms with Gasteiger partial charge in [0.25, 0.3) is 0 Å². The topological polar surface area (TPSA) is 62.2 Å². The lowest BCUT2D eigenvalue weighted by Crippen LogP contribution is -2.40.